The predicted octanol–water partition coefficient (Wildman–Crippen LogP) is 2.40. The molecule has 4 nitrogen and oxygen atoms in total. The van der Waals surface area contributed by atoms with Crippen LogP contribution in [0.1, 0.15) is 24.1 Å². The molecule has 0 spiro atoms. The molecule has 1 aromatic carbocycles. The Morgan fingerprint density at radius 3 is 3.09 bits per heavy atom. The molecule has 1 aromatic heterocycles. The summed E-state index contributed by atoms with van der Waals surface area (Å²) >= 11 is 6.15. The predicted molar refractivity (Wildman–Crippen MR) is 90.1 cm³/mol. The monoisotopic (exact) mass is 319 g/mol. The van der Waals surface area contributed by atoms with Crippen LogP contribution in [0.3, 0.4) is 0 Å². The van der Waals surface area contributed by atoms with Crippen LogP contribution in [0.25, 0.3) is 10.9 Å². The third-order valence-corrected chi connectivity index (χ3v) is 4.86. The molecule has 22 heavy (non-hydrogen) atoms. The average molecular weight is 320 g/mol. The van der Waals surface area contributed by atoms with Gasteiger partial charge >= 0.3 is 0 Å². The van der Waals surface area contributed by atoms with Gasteiger partial charge in [0.05, 0.1) is 0 Å². The highest BCUT2D eigenvalue weighted by atomic mass is 35.5. The Labute approximate surface area is 135 Å². The van der Waals surface area contributed by atoms with Crippen LogP contribution in [0.5, 0.6) is 0 Å². The number of aryl methyl sites for hydroxylation is 1. The lowest BCUT2D eigenvalue weighted by Crippen LogP contribution is -2.35. The number of rotatable bonds is 4. The van der Waals surface area contributed by atoms with Crippen molar-refractivity contribution in [2.24, 2.45) is 18.7 Å². The van der Waals surface area contributed by atoms with Gasteiger partial charge in [-0.25, -0.2) is 0 Å². The van der Waals surface area contributed by atoms with E-state index in [2.05, 4.69) is 23.0 Å². The van der Waals surface area contributed by atoms with Gasteiger partial charge in [0.25, 0.3) is 0 Å². The van der Waals surface area contributed by atoms with Gasteiger partial charge in [-0.2, -0.15) is 0 Å². The van der Waals surface area contributed by atoms with Gasteiger partial charge in [-0.3, -0.25) is 4.79 Å². The SMILES string of the molecule is Cn1c2c(c3cc(Cl)ccc31)CC(C(=O)NCCCN)CC2. The summed E-state index contributed by atoms with van der Waals surface area (Å²) in [5.74, 6) is 0.202. The van der Waals surface area contributed by atoms with Gasteiger partial charge < -0.3 is 15.6 Å². The number of carbonyl (C=O) groups is 1. The fourth-order valence-corrected chi connectivity index (χ4v) is 3.61. The second kappa shape index (κ2) is 6.31. The summed E-state index contributed by atoms with van der Waals surface area (Å²) in [7, 11) is 2.09. The van der Waals surface area contributed by atoms with Gasteiger partial charge in [-0.05, 0) is 56.0 Å². The molecule has 3 rings (SSSR count). The summed E-state index contributed by atoms with van der Waals surface area (Å²) in [5.41, 5.74) is 9.28. The lowest BCUT2D eigenvalue weighted by molar-refractivity contribution is -0.125. The van der Waals surface area contributed by atoms with Crippen molar-refractivity contribution in [3.8, 4) is 0 Å². The summed E-state index contributed by atoms with van der Waals surface area (Å²) in [6, 6.07) is 6.00. The number of nitrogens with two attached hydrogens (primary N) is 1. The third kappa shape index (κ3) is 2.73. The molecule has 2 aromatic rings. The second-order valence-corrected chi connectivity index (χ2v) is 6.46. The number of hydrogen-bond acceptors (Lipinski definition) is 2. The molecule has 0 bridgehead atoms. The number of nitrogens with one attached hydrogen (secondary N) is 1. The van der Waals surface area contributed by atoms with Crippen molar-refractivity contribution in [1.82, 2.24) is 9.88 Å². The first kappa shape index (κ1) is 15.4. The summed E-state index contributed by atoms with van der Waals surface area (Å²) in [4.78, 5) is 12.3. The van der Waals surface area contributed by atoms with E-state index in [0.717, 1.165) is 30.7 Å². The van der Waals surface area contributed by atoms with E-state index in [1.807, 2.05) is 12.1 Å². The van der Waals surface area contributed by atoms with Crippen LogP contribution in [-0.4, -0.2) is 23.6 Å². The van der Waals surface area contributed by atoms with Gasteiger partial charge in [0.1, 0.15) is 0 Å². The molecule has 1 heterocycles. The molecule has 0 fully saturated rings. The molecule has 0 aliphatic heterocycles. The minimum absolute atomic E-state index is 0.0508. The molecule has 1 aliphatic carbocycles. The van der Waals surface area contributed by atoms with E-state index in [1.54, 1.807) is 0 Å². The van der Waals surface area contributed by atoms with Crippen molar-refractivity contribution in [3.63, 3.8) is 0 Å². The van der Waals surface area contributed by atoms with Crippen molar-refractivity contribution in [3.05, 3.63) is 34.5 Å². The van der Waals surface area contributed by atoms with Crippen molar-refractivity contribution < 1.29 is 4.79 Å². The van der Waals surface area contributed by atoms with E-state index in [-0.39, 0.29) is 11.8 Å². The van der Waals surface area contributed by atoms with Crippen molar-refractivity contribution in [2.45, 2.75) is 25.7 Å². The maximum absolute atomic E-state index is 12.3. The van der Waals surface area contributed by atoms with Crippen molar-refractivity contribution >= 4 is 28.4 Å². The number of benzene rings is 1. The van der Waals surface area contributed by atoms with Crippen LogP contribution in [0.2, 0.25) is 5.02 Å². The van der Waals surface area contributed by atoms with E-state index in [9.17, 15) is 4.79 Å². The molecule has 1 atom stereocenters. The fourth-order valence-electron chi connectivity index (χ4n) is 3.43. The van der Waals surface area contributed by atoms with Crippen LogP contribution >= 0.6 is 11.6 Å². The van der Waals surface area contributed by atoms with Crippen molar-refractivity contribution in [1.29, 1.82) is 0 Å². The second-order valence-electron chi connectivity index (χ2n) is 6.02. The largest absolute Gasteiger partial charge is 0.356 e. The Morgan fingerprint density at radius 1 is 1.50 bits per heavy atom. The molecule has 0 saturated heterocycles. The molecule has 118 valence electrons. The lowest BCUT2D eigenvalue weighted by Gasteiger charge is -2.22. The summed E-state index contributed by atoms with van der Waals surface area (Å²) in [5, 5.41) is 4.93. The number of amides is 1. The summed E-state index contributed by atoms with van der Waals surface area (Å²) in [6.07, 6.45) is 3.46. The fraction of sp³-hybridized carbons (Fsp3) is 0.471. The highest BCUT2D eigenvalue weighted by Crippen LogP contribution is 2.35. The van der Waals surface area contributed by atoms with Gasteiger partial charge in [0, 0.05) is 41.1 Å². The standard InChI is InChI=1S/C17H22ClN3O/c1-21-15-5-3-11(17(22)20-8-2-7-19)9-13(15)14-10-12(18)4-6-16(14)21/h4,6,10-11H,2-3,5,7-9,19H2,1H3,(H,20,22). The van der Waals surface area contributed by atoms with Crippen molar-refractivity contribution in [2.75, 3.05) is 13.1 Å². The Hall–Kier alpha value is -1.52. The third-order valence-electron chi connectivity index (χ3n) is 4.63. The molecular formula is C17H22ClN3O. The van der Waals surface area contributed by atoms with E-state index < -0.39 is 0 Å². The first-order chi connectivity index (χ1) is 10.6. The lowest BCUT2D eigenvalue weighted by atomic mass is 9.85. The van der Waals surface area contributed by atoms with Crippen LogP contribution in [-0.2, 0) is 24.7 Å². The van der Waals surface area contributed by atoms with E-state index in [4.69, 9.17) is 17.3 Å². The Bertz CT molecular complexity index is 707. The molecule has 5 heteroatoms. The van der Waals surface area contributed by atoms with Crippen LogP contribution in [0, 0.1) is 5.92 Å². The van der Waals surface area contributed by atoms with E-state index in [1.165, 1.54) is 22.2 Å². The number of nitrogens with zero attached hydrogens (tertiary/aromatic N) is 1. The molecule has 1 amide bonds. The van der Waals surface area contributed by atoms with Crippen LogP contribution < -0.4 is 11.1 Å². The molecule has 0 saturated carbocycles. The maximum Gasteiger partial charge on any atom is 0.223 e. The zero-order valence-electron chi connectivity index (χ0n) is 12.9. The van der Waals surface area contributed by atoms with Crippen LogP contribution in [0.15, 0.2) is 18.2 Å². The zero-order chi connectivity index (χ0) is 15.7. The first-order valence-corrected chi connectivity index (χ1v) is 8.23. The van der Waals surface area contributed by atoms with Gasteiger partial charge in [-0.15, -0.1) is 0 Å². The highest BCUT2D eigenvalue weighted by molar-refractivity contribution is 6.31. The Morgan fingerprint density at radius 2 is 2.32 bits per heavy atom. The average Bonchev–Trinajstić information content (AvgIpc) is 2.79. The minimum Gasteiger partial charge on any atom is -0.356 e. The number of halogens is 1. The van der Waals surface area contributed by atoms with Gasteiger partial charge in [-0.1, -0.05) is 11.6 Å². The number of fused-ring (bicyclic) bond motifs is 3. The number of aromatic nitrogens is 1. The van der Waals surface area contributed by atoms with Crippen LogP contribution in [0.4, 0.5) is 0 Å². The van der Waals surface area contributed by atoms with E-state index >= 15 is 0 Å². The molecule has 0 radical (unpaired) electrons. The number of carbonyl (C=O) groups excluding carboxylic acids is 1. The molecular weight excluding hydrogens is 298 g/mol. The molecule has 1 aliphatic rings. The van der Waals surface area contributed by atoms with Gasteiger partial charge in [0.2, 0.25) is 5.91 Å². The van der Waals surface area contributed by atoms with Gasteiger partial charge in [0.15, 0.2) is 0 Å². The first-order valence-electron chi connectivity index (χ1n) is 7.85. The normalized spacial score (nSPS) is 17.5. The highest BCUT2D eigenvalue weighted by Gasteiger charge is 2.28. The Kier molecular flexibility index (Phi) is 4.41. The smallest absolute Gasteiger partial charge is 0.223 e. The molecule has 3 N–H and O–H groups in total. The quantitative estimate of drug-likeness (QED) is 0.850. The van der Waals surface area contributed by atoms with E-state index in [0.29, 0.717) is 13.1 Å². The summed E-state index contributed by atoms with van der Waals surface area (Å²) < 4.78 is 2.24. The topological polar surface area (TPSA) is 60.0 Å². The summed E-state index contributed by atoms with van der Waals surface area (Å²) in [6.45, 7) is 1.27. The number of hydrogen-bond donors (Lipinski definition) is 2. The zero-order valence-corrected chi connectivity index (χ0v) is 13.6. The minimum atomic E-state index is 0.0508. The maximum atomic E-state index is 12.3. The Balaban J connectivity index is 1.86. The molecule has 1 unspecified atom stereocenters.